The number of nitrogens with zero attached hydrogens (tertiary/aromatic N) is 1. The summed E-state index contributed by atoms with van der Waals surface area (Å²) in [4.78, 5) is 4.08. The van der Waals surface area contributed by atoms with E-state index >= 15 is 0 Å². The van der Waals surface area contributed by atoms with Crippen LogP contribution in [-0.4, -0.2) is 11.5 Å². The lowest BCUT2D eigenvalue weighted by Gasteiger charge is -2.17. The van der Waals surface area contributed by atoms with E-state index in [1.807, 2.05) is 36.4 Å². The van der Waals surface area contributed by atoms with E-state index in [4.69, 9.17) is 10.5 Å². The van der Waals surface area contributed by atoms with Crippen molar-refractivity contribution in [2.45, 2.75) is 6.10 Å². The zero-order valence-electron chi connectivity index (χ0n) is 9.21. The molecule has 0 fully saturated rings. The minimum atomic E-state index is -0.151. The Labute approximate surface area is 114 Å². The van der Waals surface area contributed by atoms with Crippen LogP contribution in [0.5, 0.6) is 5.75 Å². The number of benzene rings is 1. The van der Waals surface area contributed by atoms with E-state index in [0.717, 1.165) is 14.9 Å². The summed E-state index contributed by atoms with van der Waals surface area (Å²) in [6, 6.07) is 11.8. The average Bonchev–Trinajstić information content (AvgIpc) is 2.37. The van der Waals surface area contributed by atoms with Crippen molar-refractivity contribution in [3.05, 3.63) is 57.9 Å². The maximum absolute atomic E-state index is 5.86. The Balaban J connectivity index is 2.16. The molecule has 0 aliphatic rings. The molecule has 0 saturated carbocycles. The van der Waals surface area contributed by atoms with Gasteiger partial charge in [0.25, 0.3) is 0 Å². The maximum atomic E-state index is 5.86. The van der Waals surface area contributed by atoms with E-state index < -0.39 is 0 Å². The van der Waals surface area contributed by atoms with Gasteiger partial charge in [0, 0.05) is 28.1 Å². The largest absolute Gasteiger partial charge is 0.484 e. The van der Waals surface area contributed by atoms with E-state index in [2.05, 4.69) is 27.6 Å². The van der Waals surface area contributed by atoms with E-state index in [-0.39, 0.29) is 6.10 Å². The van der Waals surface area contributed by atoms with Crippen molar-refractivity contribution < 1.29 is 4.74 Å². The second-order valence-corrected chi connectivity index (χ2v) is 4.83. The van der Waals surface area contributed by atoms with Crippen molar-refractivity contribution in [3.63, 3.8) is 0 Å². The van der Waals surface area contributed by atoms with Gasteiger partial charge < -0.3 is 10.5 Å². The SMILES string of the molecule is NCC(Oc1cccc(I)c1)c1cccnc1. The molecular weight excluding hydrogens is 327 g/mol. The predicted molar refractivity (Wildman–Crippen MR) is 75.8 cm³/mol. The van der Waals surface area contributed by atoms with Crippen LogP contribution in [0.2, 0.25) is 0 Å². The molecule has 0 aliphatic carbocycles. The molecule has 2 aromatic rings. The fourth-order valence-corrected chi connectivity index (χ4v) is 2.04. The summed E-state index contributed by atoms with van der Waals surface area (Å²) in [5, 5.41) is 0. The fourth-order valence-electron chi connectivity index (χ4n) is 1.52. The Hall–Kier alpha value is -1.14. The molecule has 2 rings (SSSR count). The monoisotopic (exact) mass is 340 g/mol. The van der Waals surface area contributed by atoms with Crippen molar-refractivity contribution in [1.29, 1.82) is 0 Å². The lowest BCUT2D eigenvalue weighted by atomic mass is 10.1. The van der Waals surface area contributed by atoms with E-state index in [0.29, 0.717) is 6.54 Å². The Morgan fingerprint density at radius 3 is 2.82 bits per heavy atom. The molecule has 1 heterocycles. The van der Waals surface area contributed by atoms with Gasteiger partial charge in [-0.1, -0.05) is 12.1 Å². The van der Waals surface area contributed by atoms with Gasteiger partial charge in [-0.05, 0) is 46.9 Å². The first-order valence-corrected chi connectivity index (χ1v) is 6.39. The number of hydrogen-bond acceptors (Lipinski definition) is 3. The van der Waals surface area contributed by atoms with Crippen LogP contribution in [0.1, 0.15) is 11.7 Å². The van der Waals surface area contributed by atoms with Gasteiger partial charge in [-0.25, -0.2) is 0 Å². The quantitative estimate of drug-likeness (QED) is 0.871. The Bertz CT molecular complexity index is 476. The van der Waals surface area contributed by atoms with Crippen LogP contribution >= 0.6 is 22.6 Å². The highest BCUT2D eigenvalue weighted by atomic mass is 127. The highest BCUT2D eigenvalue weighted by molar-refractivity contribution is 14.1. The molecule has 0 bridgehead atoms. The van der Waals surface area contributed by atoms with Gasteiger partial charge in [0.05, 0.1) is 0 Å². The third-order valence-electron chi connectivity index (χ3n) is 2.34. The Morgan fingerprint density at radius 2 is 2.18 bits per heavy atom. The molecule has 1 unspecified atom stereocenters. The van der Waals surface area contributed by atoms with Gasteiger partial charge in [-0.15, -0.1) is 0 Å². The van der Waals surface area contributed by atoms with Crippen molar-refractivity contribution >= 4 is 22.6 Å². The van der Waals surface area contributed by atoms with Gasteiger partial charge in [0.2, 0.25) is 0 Å². The zero-order valence-corrected chi connectivity index (χ0v) is 11.4. The first-order valence-electron chi connectivity index (χ1n) is 5.32. The summed E-state index contributed by atoms with van der Waals surface area (Å²) < 4.78 is 7.00. The lowest BCUT2D eigenvalue weighted by Crippen LogP contribution is -2.18. The van der Waals surface area contributed by atoms with Crippen LogP contribution < -0.4 is 10.5 Å². The second-order valence-electron chi connectivity index (χ2n) is 3.59. The van der Waals surface area contributed by atoms with Crippen LogP contribution in [0.3, 0.4) is 0 Å². The molecule has 2 N–H and O–H groups in total. The molecule has 1 aromatic heterocycles. The molecule has 88 valence electrons. The normalized spacial score (nSPS) is 12.1. The smallest absolute Gasteiger partial charge is 0.137 e. The Kier molecular flexibility index (Phi) is 4.33. The number of pyridine rings is 1. The third-order valence-corrected chi connectivity index (χ3v) is 3.02. The fraction of sp³-hybridized carbons (Fsp3) is 0.154. The van der Waals surface area contributed by atoms with Crippen LogP contribution in [0.4, 0.5) is 0 Å². The summed E-state index contributed by atoms with van der Waals surface area (Å²) in [5.41, 5.74) is 6.73. The van der Waals surface area contributed by atoms with Gasteiger partial charge in [-0.2, -0.15) is 0 Å². The standard InChI is InChI=1S/C13H13IN2O/c14-11-4-1-5-12(7-11)17-13(8-15)10-3-2-6-16-9-10/h1-7,9,13H,8,15H2. The minimum absolute atomic E-state index is 0.151. The third kappa shape index (κ3) is 3.41. The number of rotatable bonds is 4. The first-order chi connectivity index (χ1) is 8.29. The van der Waals surface area contributed by atoms with Crippen LogP contribution in [0.25, 0.3) is 0 Å². The van der Waals surface area contributed by atoms with E-state index in [9.17, 15) is 0 Å². The van der Waals surface area contributed by atoms with Gasteiger partial charge in [0.1, 0.15) is 11.9 Å². The number of ether oxygens (including phenoxy) is 1. The van der Waals surface area contributed by atoms with Crippen LogP contribution in [0, 0.1) is 3.57 Å². The molecular formula is C13H13IN2O. The molecule has 0 spiro atoms. The zero-order chi connectivity index (χ0) is 12.1. The minimum Gasteiger partial charge on any atom is -0.484 e. The Morgan fingerprint density at radius 1 is 1.29 bits per heavy atom. The molecule has 0 amide bonds. The molecule has 3 nitrogen and oxygen atoms in total. The highest BCUT2D eigenvalue weighted by Crippen LogP contribution is 2.22. The number of hydrogen-bond donors (Lipinski definition) is 1. The van der Waals surface area contributed by atoms with E-state index in [1.165, 1.54) is 0 Å². The van der Waals surface area contributed by atoms with E-state index in [1.54, 1.807) is 12.4 Å². The molecule has 0 aliphatic heterocycles. The van der Waals surface area contributed by atoms with Crippen LogP contribution in [0.15, 0.2) is 48.8 Å². The summed E-state index contributed by atoms with van der Waals surface area (Å²) in [6.07, 6.45) is 3.37. The van der Waals surface area contributed by atoms with Gasteiger partial charge in [-0.3, -0.25) is 4.98 Å². The summed E-state index contributed by atoms with van der Waals surface area (Å²) in [7, 11) is 0. The number of aromatic nitrogens is 1. The summed E-state index contributed by atoms with van der Waals surface area (Å²) >= 11 is 2.26. The van der Waals surface area contributed by atoms with Gasteiger partial charge >= 0.3 is 0 Å². The highest BCUT2D eigenvalue weighted by Gasteiger charge is 2.11. The van der Waals surface area contributed by atoms with Crippen molar-refractivity contribution in [2.24, 2.45) is 5.73 Å². The molecule has 1 aromatic carbocycles. The number of halogens is 1. The second kappa shape index (κ2) is 5.97. The summed E-state index contributed by atoms with van der Waals surface area (Å²) in [5.74, 6) is 0.830. The van der Waals surface area contributed by atoms with Crippen molar-refractivity contribution in [2.75, 3.05) is 6.54 Å². The molecule has 1 atom stereocenters. The lowest BCUT2D eigenvalue weighted by molar-refractivity contribution is 0.213. The summed E-state index contributed by atoms with van der Waals surface area (Å²) in [6.45, 7) is 0.428. The van der Waals surface area contributed by atoms with Crippen molar-refractivity contribution in [1.82, 2.24) is 4.98 Å². The topological polar surface area (TPSA) is 48.1 Å². The molecule has 4 heteroatoms. The molecule has 17 heavy (non-hydrogen) atoms. The average molecular weight is 340 g/mol. The number of nitrogens with two attached hydrogens (primary N) is 1. The first kappa shape index (κ1) is 12.3. The van der Waals surface area contributed by atoms with Crippen LogP contribution in [-0.2, 0) is 0 Å². The predicted octanol–water partition coefficient (Wildman–Crippen LogP) is 2.77. The molecule has 0 saturated heterocycles. The van der Waals surface area contributed by atoms with Crippen molar-refractivity contribution in [3.8, 4) is 5.75 Å². The maximum Gasteiger partial charge on any atom is 0.137 e. The molecule has 0 radical (unpaired) electrons. The van der Waals surface area contributed by atoms with Gasteiger partial charge in [0.15, 0.2) is 0 Å².